The highest BCUT2D eigenvalue weighted by molar-refractivity contribution is 5.93. The van der Waals surface area contributed by atoms with E-state index in [4.69, 9.17) is 0 Å². The highest BCUT2D eigenvalue weighted by Gasteiger charge is 2.35. The fourth-order valence-electron chi connectivity index (χ4n) is 4.30. The van der Waals surface area contributed by atoms with Gasteiger partial charge in [0.05, 0.1) is 0 Å². The first-order valence-electron chi connectivity index (χ1n) is 7.12. The first-order chi connectivity index (χ1) is 8.15. The molecule has 92 valence electrons. The molecule has 0 spiro atoms. The maximum atomic E-state index is 11.5. The van der Waals surface area contributed by atoms with Crippen molar-refractivity contribution in [1.82, 2.24) is 0 Å². The van der Waals surface area contributed by atoms with Crippen molar-refractivity contribution in [2.75, 3.05) is 0 Å². The van der Waals surface area contributed by atoms with E-state index in [1.807, 2.05) is 6.08 Å². The lowest BCUT2D eigenvalue weighted by molar-refractivity contribution is -0.114. The molecule has 0 amide bonds. The van der Waals surface area contributed by atoms with E-state index in [1.54, 1.807) is 11.1 Å². The molecule has 0 aliphatic heterocycles. The smallest absolute Gasteiger partial charge is 0.156 e. The summed E-state index contributed by atoms with van der Waals surface area (Å²) in [5, 5.41) is 0. The SMILES string of the molecule is CC1CC2CCC3=CC(=O)CCC3=C2[C@@H](C)C1. The summed E-state index contributed by atoms with van der Waals surface area (Å²) in [4.78, 5) is 11.5. The van der Waals surface area contributed by atoms with Crippen molar-refractivity contribution >= 4 is 5.78 Å². The average Bonchev–Trinajstić information content (AvgIpc) is 2.28. The Kier molecular flexibility index (Phi) is 2.72. The van der Waals surface area contributed by atoms with Gasteiger partial charge < -0.3 is 0 Å². The van der Waals surface area contributed by atoms with E-state index in [2.05, 4.69) is 13.8 Å². The molecule has 0 heterocycles. The fraction of sp³-hybridized carbons (Fsp3) is 0.688. The van der Waals surface area contributed by atoms with Gasteiger partial charge in [-0.25, -0.2) is 0 Å². The topological polar surface area (TPSA) is 17.1 Å². The molecule has 1 nitrogen and oxygen atoms in total. The molecule has 3 aliphatic rings. The van der Waals surface area contributed by atoms with Gasteiger partial charge in [-0.15, -0.1) is 0 Å². The maximum Gasteiger partial charge on any atom is 0.156 e. The Labute approximate surface area is 104 Å². The second-order valence-electron chi connectivity index (χ2n) is 6.28. The lowest BCUT2D eigenvalue weighted by Crippen LogP contribution is -2.28. The quantitative estimate of drug-likeness (QED) is 0.613. The molecular weight excluding hydrogens is 208 g/mol. The van der Waals surface area contributed by atoms with Gasteiger partial charge in [0.2, 0.25) is 0 Å². The van der Waals surface area contributed by atoms with Crippen LogP contribution in [0.25, 0.3) is 0 Å². The van der Waals surface area contributed by atoms with Crippen LogP contribution in [0.4, 0.5) is 0 Å². The Morgan fingerprint density at radius 1 is 1.12 bits per heavy atom. The first-order valence-corrected chi connectivity index (χ1v) is 7.12. The molecule has 0 saturated heterocycles. The lowest BCUT2D eigenvalue weighted by atomic mass is 9.64. The first kappa shape index (κ1) is 11.3. The summed E-state index contributed by atoms with van der Waals surface area (Å²) in [6.07, 6.45) is 8.86. The zero-order chi connectivity index (χ0) is 12.0. The third kappa shape index (κ3) is 1.90. The molecule has 3 aliphatic carbocycles. The lowest BCUT2D eigenvalue weighted by Gasteiger charge is -2.41. The summed E-state index contributed by atoms with van der Waals surface area (Å²) in [6, 6.07) is 0. The van der Waals surface area contributed by atoms with Gasteiger partial charge >= 0.3 is 0 Å². The van der Waals surface area contributed by atoms with E-state index in [-0.39, 0.29) is 0 Å². The van der Waals surface area contributed by atoms with Crippen LogP contribution >= 0.6 is 0 Å². The molecule has 0 radical (unpaired) electrons. The van der Waals surface area contributed by atoms with Crippen molar-refractivity contribution in [3.05, 3.63) is 22.8 Å². The Hall–Kier alpha value is -0.850. The van der Waals surface area contributed by atoms with Crippen LogP contribution in [-0.4, -0.2) is 5.78 Å². The van der Waals surface area contributed by atoms with Gasteiger partial charge in [0.25, 0.3) is 0 Å². The Morgan fingerprint density at radius 3 is 2.76 bits per heavy atom. The second-order valence-corrected chi connectivity index (χ2v) is 6.28. The van der Waals surface area contributed by atoms with Gasteiger partial charge in [0.15, 0.2) is 5.78 Å². The third-order valence-electron chi connectivity index (χ3n) is 4.87. The molecule has 0 aromatic carbocycles. The molecule has 3 rings (SSSR count). The third-order valence-corrected chi connectivity index (χ3v) is 4.87. The highest BCUT2D eigenvalue weighted by Crippen LogP contribution is 2.48. The Bertz CT molecular complexity index is 413. The summed E-state index contributed by atoms with van der Waals surface area (Å²) in [7, 11) is 0. The average molecular weight is 230 g/mol. The largest absolute Gasteiger partial charge is 0.295 e. The fourth-order valence-corrected chi connectivity index (χ4v) is 4.30. The van der Waals surface area contributed by atoms with E-state index in [0.29, 0.717) is 5.78 Å². The molecule has 17 heavy (non-hydrogen) atoms. The molecule has 3 atom stereocenters. The molecule has 2 unspecified atom stereocenters. The number of allylic oxidation sites excluding steroid dienone is 4. The van der Waals surface area contributed by atoms with Gasteiger partial charge in [-0.1, -0.05) is 19.4 Å². The number of hydrogen-bond acceptors (Lipinski definition) is 1. The minimum Gasteiger partial charge on any atom is -0.295 e. The van der Waals surface area contributed by atoms with Gasteiger partial charge in [-0.05, 0) is 67.1 Å². The van der Waals surface area contributed by atoms with Gasteiger partial charge in [0.1, 0.15) is 0 Å². The summed E-state index contributed by atoms with van der Waals surface area (Å²) in [5.41, 5.74) is 4.70. The number of hydrogen-bond donors (Lipinski definition) is 0. The van der Waals surface area contributed by atoms with E-state index in [0.717, 1.165) is 37.0 Å². The summed E-state index contributed by atoms with van der Waals surface area (Å²) in [5.74, 6) is 2.81. The van der Waals surface area contributed by atoms with E-state index >= 15 is 0 Å². The Balaban J connectivity index is 2.02. The number of carbonyl (C=O) groups excluding carboxylic acids is 1. The van der Waals surface area contributed by atoms with Crippen molar-refractivity contribution in [2.45, 2.75) is 52.4 Å². The monoisotopic (exact) mass is 230 g/mol. The van der Waals surface area contributed by atoms with Crippen LogP contribution in [0.3, 0.4) is 0 Å². The van der Waals surface area contributed by atoms with Crippen LogP contribution in [0.15, 0.2) is 22.8 Å². The zero-order valence-corrected chi connectivity index (χ0v) is 11.0. The number of rotatable bonds is 0. The van der Waals surface area contributed by atoms with Gasteiger partial charge in [-0.2, -0.15) is 0 Å². The molecule has 1 saturated carbocycles. The highest BCUT2D eigenvalue weighted by atomic mass is 16.1. The summed E-state index contributed by atoms with van der Waals surface area (Å²) in [6.45, 7) is 4.79. The van der Waals surface area contributed by atoms with Gasteiger partial charge in [-0.3, -0.25) is 4.79 Å². The predicted octanol–water partition coefficient (Wildman–Crippen LogP) is 4.05. The summed E-state index contributed by atoms with van der Waals surface area (Å²) < 4.78 is 0. The van der Waals surface area contributed by atoms with Crippen LogP contribution in [0, 0.1) is 17.8 Å². The number of ketones is 1. The second kappa shape index (κ2) is 4.12. The van der Waals surface area contributed by atoms with Gasteiger partial charge in [0, 0.05) is 6.42 Å². The van der Waals surface area contributed by atoms with Crippen molar-refractivity contribution < 1.29 is 4.79 Å². The molecule has 0 aromatic rings. The molecule has 1 fully saturated rings. The van der Waals surface area contributed by atoms with Crippen molar-refractivity contribution in [2.24, 2.45) is 17.8 Å². The number of carbonyl (C=O) groups is 1. The molecule has 0 N–H and O–H groups in total. The summed E-state index contributed by atoms with van der Waals surface area (Å²) >= 11 is 0. The molecule has 0 aromatic heterocycles. The Morgan fingerprint density at radius 2 is 1.94 bits per heavy atom. The molecule has 1 heteroatoms. The number of fused-ring (bicyclic) bond motifs is 2. The van der Waals surface area contributed by atoms with E-state index in [1.165, 1.54) is 24.8 Å². The zero-order valence-electron chi connectivity index (χ0n) is 11.0. The minimum absolute atomic E-state index is 0.347. The van der Waals surface area contributed by atoms with E-state index < -0.39 is 0 Å². The van der Waals surface area contributed by atoms with Crippen molar-refractivity contribution in [1.29, 1.82) is 0 Å². The van der Waals surface area contributed by atoms with Crippen molar-refractivity contribution in [3.63, 3.8) is 0 Å². The van der Waals surface area contributed by atoms with Crippen molar-refractivity contribution in [3.8, 4) is 0 Å². The predicted molar refractivity (Wildman–Crippen MR) is 69.6 cm³/mol. The van der Waals surface area contributed by atoms with Crippen LogP contribution < -0.4 is 0 Å². The maximum absolute atomic E-state index is 11.5. The van der Waals surface area contributed by atoms with Crippen LogP contribution in [0.2, 0.25) is 0 Å². The van der Waals surface area contributed by atoms with Crippen LogP contribution in [0.5, 0.6) is 0 Å². The molecular formula is C16H22O. The van der Waals surface area contributed by atoms with Crippen LogP contribution in [0.1, 0.15) is 52.4 Å². The normalized spacial score (nSPS) is 37.4. The molecule has 0 bridgehead atoms. The van der Waals surface area contributed by atoms with Crippen LogP contribution in [-0.2, 0) is 4.79 Å². The standard InChI is InChI=1S/C16H22O/c1-10-7-11(2)16-13(8-10)4-3-12-9-14(17)5-6-15(12)16/h9-11,13H,3-8H2,1-2H3/t10?,11-,13?/m0/s1. The minimum atomic E-state index is 0.347. The van der Waals surface area contributed by atoms with E-state index in [9.17, 15) is 4.79 Å².